The normalized spacial score (nSPS) is 14.0. The second-order valence-corrected chi connectivity index (χ2v) is 9.56. The molecule has 0 radical (unpaired) electrons. The Labute approximate surface area is 154 Å². The van der Waals surface area contributed by atoms with Crippen LogP contribution in [0.3, 0.4) is 0 Å². The summed E-state index contributed by atoms with van der Waals surface area (Å²) < 4.78 is 37.2. The first kappa shape index (κ1) is 18.4. The first-order chi connectivity index (χ1) is 12.2. The number of hydrogen-bond acceptors (Lipinski definition) is 5. The number of anilines is 2. The van der Waals surface area contributed by atoms with Crippen molar-refractivity contribution < 1.29 is 17.9 Å². The van der Waals surface area contributed by atoms with Crippen LogP contribution in [0.5, 0.6) is 11.5 Å². The summed E-state index contributed by atoms with van der Waals surface area (Å²) in [4.78, 5) is 0. The zero-order valence-electron chi connectivity index (χ0n) is 15.2. The highest BCUT2D eigenvalue weighted by Gasteiger charge is 2.28. The summed E-state index contributed by atoms with van der Waals surface area (Å²) in [5.74, 6) is 1.51. The zero-order valence-corrected chi connectivity index (χ0v) is 16.0. The van der Waals surface area contributed by atoms with Gasteiger partial charge in [-0.15, -0.1) is 0 Å². The van der Waals surface area contributed by atoms with Crippen LogP contribution in [0.4, 0.5) is 11.4 Å². The molecule has 0 fully saturated rings. The van der Waals surface area contributed by atoms with Gasteiger partial charge in [-0.05, 0) is 50.6 Å². The molecule has 0 saturated heterocycles. The zero-order chi connectivity index (χ0) is 18.8. The van der Waals surface area contributed by atoms with Crippen LogP contribution in [0.2, 0.25) is 0 Å². The third-order valence-corrected chi connectivity index (χ3v) is 6.17. The third-order valence-electron chi connectivity index (χ3n) is 4.05. The Morgan fingerprint density at radius 3 is 2.19 bits per heavy atom. The van der Waals surface area contributed by atoms with E-state index >= 15 is 0 Å². The lowest BCUT2D eigenvalue weighted by atomic mass is 10.2. The average Bonchev–Trinajstić information content (AvgIpc) is 2.60. The van der Waals surface area contributed by atoms with Crippen molar-refractivity contribution >= 4 is 21.4 Å². The maximum absolute atomic E-state index is 12.2. The van der Waals surface area contributed by atoms with E-state index in [9.17, 15) is 8.42 Å². The Morgan fingerprint density at radius 2 is 1.54 bits per heavy atom. The molecule has 0 aliphatic carbocycles. The minimum absolute atomic E-state index is 0.558. The predicted octanol–water partition coefficient (Wildman–Crippen LogP) is 3.61. The van der Waals surface area contributed by atoms with Crippen molar-refractivity contribution in [1.82, 2.24) is 0 Å². The molecule has 1 aliphatic heterocycles. The van der Waals surface area contributed by atoms with Crippen molar-refractivity contribution in [3.05, 3.63) is 48.0 Å². The molecule has 0 atom stereocenters. The average molecular weight is 376 g/mol. The van der Waals surface area contributed by atoms with E-state index in [1.165, 1.54) is 0 Å². The second kappa shape index (κ2) is 7.07. The number of hydrogen-bond donors (Lipinski definition) is 2. The van der Waals surface area contributed by atoms with Crippen LogP contribution in [-0.2, 0) is 16.6 Å². The highest BCUT2D eigenvalue weighted by atomic mass is 32.2. The van der Waals surface area contributed by atoms with E-state index in [1.807, 2.05) is 30.3 Å². The molecule has 6 nitrogen and oxygen atoms in total. The Bertz CT molecular complexity index is 871. The lowest BCUT2D eigenvalue weighted by molar-refractivity contribution is 0.171. The molecule has 0 saturated carbocycles. The molecule has 0 bridgehead atoms. The minimum atomic E-state index is -3.42. The summed E-state index contributed by atoms with van der Waals surface area (Å²) in [6.45, 7) is 6.75. The number of rotatable bonds is 5. The third kappa shape index (κ3) is 4.22. The van der Waals surface area contributed by atoms with Gasteiger partial charge in [-0.2, -0.15) is 0 Å². The summed E-state index contributed by atoms with van der Waals surface area (Å²) in [7, 11) is -3.42. The molecule has 3 rings (SSSR count). The maximum atomic E-state index is 12.2. The van der Waals surface area contributed by atoms with Crippen LogP contribution in [-0.4, -0.2) is 26.4 Å². The molecule has 2 aromatic carbocycles. The number of benzene rings is 2. The van der Waals surface area contributed by atoms with Gasteiger partial charge in [-0.1, -0.05) is 12.1 Å². The van der Waals surface area contributed by atoms with Crippen molar-refractivity contribution in [2.45, 2.75) is 32.1 Å². The summed E-state index contributed by atoms with van der Waals surface area (Å²) in [5.41, 5.74) is 2.54. The fourth-order valence-electron chi connectivity index (χ4n) is 2.36. The maximum Gasteiger partial charge on any atom is 0.237 e. The van der Waals surface area contributed by atoms with E-state index in [0.29, 0.717) is 25.4 Å². The lowest BCUT2D eigenvalue weighted by Crippen LogP contribution is -2.33. The molecule has 0 unspecified atom stereocenters. The molecule has 26 heavy (non-hydrogen) atoms. The Morgan fingerprint density at radius 1 is 0.923 bits per heavy atom. The van der Waals surface area contributed by atoms with E-state index in [4.69, 9.17) is 9.47 Å². The first-order valence-corrected chi connectivity index (χ1v) is 9.98. The van der Waals surface area contributed by atoms with Gasteiger partial charge in [0.05, 0.1) is 4.75 Å². The largest absolute Gasteiger partial charge is 0.486 e. The molecule has 1 heterocycles. The van der Waals surface area contributed by atoms with Crippen LogP contribution >= 0.6 is 0 Å². The molecule has 2 aromatic rings. The molecular formula is C19H24N2O4S. The van der Waals surface area contributed by atoms with Crippen LogP contribution < -0.4 is 19.5 Å². The quantitative estimate of drug-likeness (QED) is 0.834. The number of nitrogens with one attached hydrogen (secondary N) is 2. The van der Waals surface area contributed by atoms with Crippen LogP contribution in [0.1, 0.15) is 26.3 Å². The highest BCUT2D eigenvalue weighted by Crippen LogP contribution is 2.32. The highest BCUT2D eigenvalue weighted by molar-refractivity contribution is 7.94. The van der Waals surface area contributed by atoms with E-state index < -0.39 is 14.8 Å². The Balaban J connectivity index is 1.61. The number of ether oxygens (including phenoxy) is 2. The van der Waals surface area contributed by atoms with E-state index in [1.54, 1.807) is 32.9 Å². The molecule has 7 heteroatoms. The summed E-state index contributed by atoms with van der Waals surface area (Å²) in [6, 6.07) is 13.1. The van der Waals surface area contributed by atoms with Crippen molar-refractivity contribution in [2.24, 2.45) is 0 Å². The molecule has 0 amide bonds. The Kier molecular flexibility index (Phi) is 5.00. The molecule has 2 N–H and O–H groups in total. The van der Waals surface area contributed by atoms with Gasteiger partial charge in [-0.3, -0.25) is 4.72 Å². The summed E-state index contributed by atoms with van der Waals surface area (Å²) in [6.07, 6.45) is 0. The fourth-order valence-corrected chi connectivity index (χ4v) is 3.11. The molecule has 1 aliphatic rings. The van der Waals surface area contributed by atoms with Gasteiger partial charge < -0.3 is 14.8 Å². The van der Waals surface area contributed by atoms with Gasteiger partial charge in [0, 0.05) is 24.0 Å². The predicted molar refractivity (Wildman–Crippen MR) is 103 cm³/mol. The number of fused-ring (bicyclic) bond motifs is 1. The molecule has 140 valence electrons. The Hall–Kier alpha value is -2.41. The monoisotopic (exact) mass is 376 g/mol. The van der Waals surface area contributed by atoms with Gasteiger partial charge in [0.15, 0.2) is 11.5 Å². The van der Waals surface area contributed by atoms with Gasteiger partial charge in [0.2, 0.25) is 10.0 Å². The van der Waals surface area contributed by atoms with Crippen molar-refractivity contribution in [2.75, 3.05) is 23.3 Å². The first-order valence-electron chi connectivity index (χ1n) is 8.49. The van der Waals surface area contributed by atoms with Crippen molar-refractivity contribution in [3.8, 4) is 11.5 Å². The second-order valence-electron chi connectivity index (χ2n) is 7.13. The van der Waals surface area contributed by atoms with Crippen LogP contribution in [0, 0.1) is 0 Å². The topological polar surface area (TPSA) is 76.7 Å². The molecule has 0 spiro atoms. The fraction of sp³-hybridized carbons (Fsp3) is 0.368. The van der Waals surface area contributed by atoms with Crippen LogP contribution in [0.25, 0.3) is 0 Å². The van der Waals surface area contributed by atoms with Crippen molar-refractivity contribution in [3.63, 3.8) is 0 Å². The molecule has 0 aromatic heterocycles. The summed E-state index contributed by atoms with van der Waals surface area (Å²) in [5, 5.41) is 3.33. The van der Waals surface area contributed by atoms with E-state index in [2.05, 4.69) is 10.0 Å². The van der Waals surface area contributed by atoms with Gasteiger partial charge in [0.25, 0.3) is 0 Å². The molecular weight excluding hydrogens is 352 g/mol. The minimum Gasteiger partial charge on any atom is -0.486 e. The van der Waals surface area contributed by atoms with Gasteiger partial charge >= 0.3 is 0 Å². The van der Waals surface area contributed by atoms with Crippen LogP contribution in [0.15, 0.2) is 42.5 Å². The lowest BCUT2D eigenvalue weighted by Gasteiger charge is -2.20. The smallest absolute Gasteiger partial charge is 0.237 e. The van der Waals surface area contributed by atoms with Gasteiger partial charge in [-0.25, -0.2) is 8.42 Å². The number of sulfonamides is 1. The van der Waals surface area contributed by atoms with E-state index in [0.717, 1.165) is 22.7 Å². The SMILES string of the molecule is CC(C)(C)S(=O)(=O)Nc1ccc(CNc2ccc3c(c2)OCCO3)cc1. The standard InChI is InChI=1S/C19H24N2O4S/c1-19(2,3)26(22,23)21-15-6-4-14(5-7-15)13-20-16-8-9-17-18(12-16)25-11-10-24-17/h4-9,12,20-21H,10-11,13H2,1-3H3. The van der Waals surface area contributed by atoms with Crippen molar-refractivity contribution in [1.29, 1.82) is 0 Å². The summed E-state index contributed by atoms with van der Waals surface area (Å²) >= 11 is 0. The van der Waals surface area contributed by atoms with E-state index in [-0.39, 0.29) is 0 Å². The van der Waals surface area contributed by atoms with Gasteiger partial charge in [0.1, 0.15) is 13.2 Å².